The highest BCUT2D eigenvalue weighted by Gasteiger charge is 2.51. The number of aliphatic hydroxyl groups is 1. The van der Waals surface area contributed by atoms with Crippen LogP contribution in [-0.2, 0) is 34.8 Å². The summed E-state index contributed by atoms with van der Waals surface area (Å²) in [5, 5.41) is 25.2. The van der Waals surface area contributed by atoms with E-state index in [0.29, 0.717) is 45.0 Å². The van der Waals surface area contributed by atoms with Crippen molar-refractivity contribution in [1.82, 2.24) is 20.5 Å². The van der Waals surface area contributed by atoms with Gasteiger partial charge in [-0.1, -0.05) is 45.0 Å². The lowest BCUT2D eigenvalue weighted by molar-refractivity contribution is -0.144. The summed E-state index contributed by atoms with van der Waals surface area (Å²) in [5.41, 5.74) is -0.0646. The smallest absolute Gasteiger partial charge is 0.417 e. The van der Waals surface area contributed by atoms with Crippen LogP contribution in [0.4, 0.5) is 33.3 Å². The van der Waals surface area contributed by atoms with Crippen LogP contribution < -0.4 is 25.2 Å². The predicted octanol–water partition coefficient (Wildman–Crippen LogP) is 8.55. The van der Waals surface area contributed by atoms with Gasteiger partial charge < -0.3 is 39.8 Å². The number of likely N-dealkylation sites (tertiary alicyclic amines) is 1. The SMILES string of the molecule is Cc1ncsc1-c1ccc(C(C)NC(=O)C2CC(O)CN2C(=O)C(NC(=O)COCCCOCCCCCOc2c(F)cc(N3C(=S)N(c4ccc(C#N)c(C(F)(F)F)c4)C(=O)C3(C)C)cc2F)C(C)(C)C)cc1. The molecule has 15 nitrogen and oxygen atoms in total. The van der Waals surface area contributed by atoms with Gasteiger partial charge in [-0.3, -0.25) is 24.1 Å². The summed E-state index contributed by atoms with van der Waals surface area (Å²) >= 11 is 7.02. The van der Waals surface area contributed by atoms with Gasteiger partial charge in [0.2, 0.25) is 17.7 Å². The highest BCUT2D eigenvalue weighted by Crippen LogP contribution is 2.41. The van der Waals surface area contributed by atoms with Crippen molar-refractivity contribution in [2.75, 3.05) is 49.4 Å². The fourth-order valence-corrected chi connectivity index (χ4v) is 10.0. The molecule has 74 heavy (non-hydrogen) atoms. The Balaban J connectivity index is 0.883. The molecule has 0 spiro atoms. The van der Waals surface area contributed by atoms with Gasteiger partial charge in [-0.05, 0) is 100 Å². The van der Waals surface area contributed by atoms with Crippen LogP contribution in [0.15, 0.2) is 60.1 Å². The molecule has 4 amide bonds. The van der Waals surface area contributed by atoms with Crippen molar-refractivity contribution in [3.05, 3.63) is 94.1 Å². The minimum Gasteiger partial charge on any atom is -0.488 e. The third kappa shape index (κ3) is 13.4. The van der Waals surface area contributed by atoms with Gasteiger partial charge in [0.15, 0.2) is 22.5 Å². The maximum absolute atomic E-state index is 15.4. The van der Waals surface area contributed by atoms with Crippen molar-refractivity contribution in [3.63, 3.8) is 0 Å². The Morgan fingerprint density at radius 2 is 1.59 bits per heavy atom. The third-order valence-electron chi connectivity index (χ3n) is 12.6. The van der Waals surface area contributed by atoms with E-state index in [1.807, 2.05) is 38.1 Å². The number of anilines is 2. The lowest BCUT2D eigenvalue weighted by Gasteiger charge is -2.35. The number of hydrogen-bond acceptors (Lipinski definition) is 12. The van der Waals surface area contributed by atoms with Crippen LogP contribution >= 0.6 is 23.6 Å². The average Bonchev–Trinajstić information content (AvgIpc) is 4.00. The largest absolute Gasteiger partial charge is 0.488 e. The maximum Gasteiger partial charge on any atom is 0.417 e. The van der Waals surface area contributed by atoms with Gasteiger partial charge in [-0.25, -0.2) is 13.8 Å². The summed E-state index contributed by atoms with van der Waals surface area (Å²) in [7, 11) is 0. The van der Waals surface area contributed by atoms with Gasteiger partial charge in [0.05, 0.1) is 63.4 Å². The lowest BCUT2D eigenvalue weighted by Crippen LogP contribution is -2.58. The van der Waals surface area contributed by atoms with Gasteiger partial charge in [0, 0.05) is 44.9 Å². The van der Waals surface area contributed by atoms with E-state index in [1.54, 1.807) is 37.6 Å². The van der Waals surface area contributed by atoms with E-state index in [9.17, 15) is 42.7 Å². The number of benzene rings is 3. The standard InChI is InChI=1S/C52H60F5N7O8S2/c1-30(32-12-14-33(15-13-32)44-31(2)59-29-74-44)60-46(67)41-25-37(65)27-62(41)47(68)45(50(3,4)5)61-42(66)28-71-20-11-19-70-18-9-8-10-21-72-43-39(53)23-36(24-40(43)54)64-49(73)63(48(69)51(64,6)7)35-17-16-34(26-58)38(22-35)52(55,56)57/h12-17,22-24,29-30,37,41,45,65H,8-11,18-21,25,27-28H2,1-7H3,(H,60,67)(H,61,66). The van der Waals surface area contributed by atoms with Crippen molar-refractivity contribution < 1.29 is 60.4 Å². The number of aromatic nitrogens is 1. The molecule has 3 aromatic carbocycles. The molecule has 4 unspecified atom stereocenters. The fourth-order valence-electron chi connectivity index (χ4n) is 8.68. The van der Waals surface area contributed by atoms with Crippen LogP contribution in [0.25, 0.3) is 10.4 Å². The van der Waals surface area contributed by atoms with E-state index >= 15 is 8.78 Å². The zero-order valence-corrected chi connectivity index (χ0v) is 43.7. The summed E-state index contributed by atoms with van der Waals surface area (Å²) < 4.78 is 88.5. The number of amides is 4. The molecule has 4 atom stereocenters. The molecule has 0 bridgehead atoms. The number of thiazole rings is 1. The zero-order valence-electron chi connectivity index (χ0n) is 42.1. The molecule has 2 aliphatic rings. The fraction of sp³-hybridized carbons (Fsp3) is 0.481. The van der Waals surface area contributed by atoms with Crippen molar-refractivity contribution in [2.45, 2.75) is 117 Å². The lowest BCUT2D eigenvalue weighted by atomic mass is 9.85. The minimum absolute atomic E-state index is 0.0368. The van der Waals surface area contributed by atoms with Crippen molar-refractivity contribution in [3.8, 4) is 22.3 Å². The third-order valence-corrected chi connectivity index (χ3v) is 14.0. The molecule has 3 N–H and O–H groups in total. The van der Waals surface area contributed by atoms with E-state index in [0.717, 1.165) is 55.8 Å². The van der Waals surface area contributed by atoms with Crippen LogP contribution in [0.3, 0.4) is 0 Å². The number of nitrogens with zero attached hydrogens (tertiary/aromatic N) is 5. The van der Waals surface area contributed by atoms with Crippen LogP contribution in [0, 0.1) is 35.3 Å². The van der Waals surface area contributed by atoms with Crippen LogP contribution in [0.1, 0.15) is 102 Å². The summed E-state index contributed by atoms with van der Waals surface area (Å²) in [6.07, 6.45) is -3.69. The van der Waals surface area contributed by atoms with Gasteiger partial charge >= 0.3 is 6.18 Å². The average molecular weight is 1070 g/mol. The number of rotatable bonds is 21. The number of alkyl halides is 3. The van der Waals surface area contributed by atoms with Crippen molar-refractivity contribution >= 4 is 63.7 Å². The Kier molecular flexibility index (Phi) is 18.6. The Morgan fingerprint density at radius 1 is 0.946 bits per heavy atom. The number of thiocarbonyl (C=S) groups is 1. The predicted molar refractivity (Wildman–Crippen MR) is 271 cm³/mol. The number of nitriles is 1. The van der Waals surface area contributed by atoms with E-state index in [2.05, 4.69) is 15.6 Å². The number of unbranched alkanes of at least 4 members (excludes halogenated alkanes) is 2. The van der Waals surface area contributed by atoms with Crippen LogP contribution in [-0.4, -0.2) is 107 Å². The number of halogens is 5. The number of hydrogen-bond donors (Lipinski definition) is 3. The van der Waals surface area contributed by atoms with Crippen molar-refractivity contribution in [1.29, 1.82) is 5.26 Å². The number of ether oxygens (including phenoxy) is 3. The summed E-state index contributed by atoms with van der Waals surface area (Å²) in [4.78, 5) is 62.9. The summed E-state index contributed by atoms with van der Waals surface area (Å²) in [6.45, 7) is 12.4. The first kappa shape index (κ1) is 57.2. The molecular formula is C52H60F5N7O8S2. The van der Waals surface area contributed by atoms with E-state index in [-0.39, 0.29) is 55.3 Å². The molecule has 0 radical (unpaired) electrons. The second kappa shape index (κ2) is 24.0. The van der Waals surface area contributed by atoms with Gasteiger partial charge in [-0.15, -0.1) is 11.3 Å². The summed E-state index contributed by atoms with van der Waals surface area (Å²) in [6, 6.07) is 11.5. The molecular weight excluding hydrogens is 1010 g/mol. The zero-order chi connectivity index (χ0) is 54.3. The van der Waals surface area contributed by atoms with Crippen LogP contribution in [0.2, 0.25) is 0 Å². The molecule has 22 heteroatoms. The number of nitrogens with one attached hydrogen (secondary N) is 2. The first-order valence-corrected chi connectivity index (χ1v) is 25.3. The van der Waals surface area contributed by atoms with Gasteiger partial charge in [-0.2, -0.15) is 18.4 Å². The second-order valence-corrected chi connectivity index (χ2v) is 20.9. The Bertz CT molecular complexity index is 2720. The molecule has 2 fully saturated rings. The van der Waals surface area contributed by atoms with Gasteiger partial charge in [0.1, 0.15) is 24.2 Å². The molecule has 4 aromatic rings. The van der Waals surface area contributed by atoms with E-state index in [1.165, 1.54) is 24.8 Å². The topological polar surface area (TPSA) is 187 Å². The molecule has 398 valence electrons. The second-order valence-electron chi connectivity index (χ2n) is 19.7. The Hall–Kier alpha value is -6.12. The molecule has 0 saturated carbocycles. The Morgan fingerprint density at radius 3 is 2.22 bits per heavy atom. The molecule has 1 aromatic heterocycles. The first-order chi connectivity index (χ1) is 34.8. The molecule has 2 aliphatic heterocycles. The molecule has 0 aliphatic carbocycles. The Labute approximate surface area is 436 Å². The van der Waals surface area contributed by atoms with Crippen LogP contribution in [0.5, 0.6) is 5.75 Å². The first-order valence-electron chi connectivity index (χ1n) is 24.0. The highest BCUT2D eigenvalue weighted by atomic mass is 32.1. The number of aryl methyl sites for hydroxylation is 1. The van der Waals surface area contributed by atoms with E-state index in [4.69, 9.17) is 26.4 Å². The number of carbonyl (C=O) groups is 4. The van der Waals surface area contributed by atoms with Gasteiger partial charge in [0.25, 0.3) is 5.91 Å². The van der Waals surface area contributed by atoms with Crippen molar-refractivity contribution in [2.24, 2.45) is 5.41 Å². The molecule has 3 heterocycles. The van der Waals surface area contributed by atoms with E-state index < -0.39 is 87.5 Å². The quantitative estimate of drug-likeness (QED) is 0.0411. The monoisotopic (exact) mass is 1070 g/mol. The summed E-state index contributed by atoms with van der Waals surface area (Å²) in [5.74, 6) is -5.01. The molecule has 2 saturated heterocycles. The number of aliphatic hydroxyl groups excluding tert-OH is 1. The molecule has 6 rings (SSSR count). The minimum atomic E-state index is -4.90. The normalized spacial score (nSPS) is 17.6. The number of β-amino-alcohol motifs (C(OH)–C–C–N with tert-alkyl or cyclic N) is 1. The maximum atomic E-state index is 15.4. The number of carbonyl (C=O) groups excluding carboxylic acids is 4. The highest BCUT2D eigenvalue weighted by molar-refractivity contribution is 7.81.